The normalized spacial score (nSPS) is 21.3. The van der Waals surface area contributed by atoms with E-state index >= 15 is 0 Å². The quantitative estimate of drug-likeness (QED) is 0.808. The van der Waals surface area contributed by atoms with Crippen LogP contribution in [0.3, 0.4) is 0 Å². The molecule has 0 aromatic carbocycles. The van der Waals surface area contributed by atoms with Gasteiger partial charge in [-0.1, -0.05) is 0 Å². The molecule has 2 aliphatic rings. The fourth-order valence-electron chi connectivity index (χ4n) is 2.69. The van der Waals surface area contributed by atoms with Gasteiger partial charge in [0.2, 0.25) is 0 Å². The van der Waals surface area contributed by atoms with Crippen molar-refractivity contribution in [2.75, 3.05) is 49.5 Å². The van der Waals surface area contributed by atoms with Crippen LogP contribution < -0.4 is 10.2 Å². The lowest BCUT2D eigenvalue weighted by molar-refractivity contribution is 0.128. The summed E-state index contributed by atoms with van der Waals surface area (Å²) in [6.07, 6.45) is 4.33. The molecule has 2 N–H and O–H groups in total. The molecule has 6 heteroatoms. The first kappa shape index (κ1) is 14.5. The molecule has 0 amide bonds. The Bertz CT molecular complexity index is 457. The molecule has 1 aliphatic heterocycles. The summed E-state index contributed by atoms with van der Waals surface area (Å²) in [4.78, 5) is 13.3. The summed E-state index contributed by atoms with van der Waals surface area (Å²) in [6, 6.07) is 2.29. The Morgan fingerprint density at radius 2 is 2.05 bits per heavy atom. The maximum absolute atomic E-state index is 9.23. The standard InChI is InChI=1S/C15H25N5O/c1-12(10-21)19-4-6-20(7-5-19)15-8-14(17-11-18-15)16-9-13-2-3-13/h8,11-13,21H,2-7,9-10H2,1H3,(H,16,17,18). The molecule has 1 aromatic heterocycles. The highest BCUT2D eigenvalue weighted by Crippen LogP contribution is 2.29. The van der Waals surface area contributed by atoms with Gasteiger partial charge in [0.25, 0.3) is 0 Å². The number of aliphatic hydroxyl groups excluding tert-OH is 1. The summed E-state index contributed by atoms with van der Waals surface area (Å²) in [6.45, 7) is 7.15. The summed E-state index contributed by atoms with van der Waals surface area (Å²) in [5.74, 6) is 2.77. The second-order valence-corrected chi connectivity index (χ2v) is 6.14. The van der Waals surface area contributed by atoms with Crippen LogP contribution in [0.15, 0.2) is 12.4 Å². The third-order valence-corrected chi connectivity index (χ3v) is 4.45. The molecule has 116 valence electrons. The summed E-state index contributed by atoms with van der Waals surface area (Å²) < 4.78 is 0. The first-order chi connectivity index (χ1) is 10.3. The molecule has 0 bridgehead atoms. The van der Waals surface area contributed by atoms with E-state index in [0.717, 1.165) is 50.3 Å². The minimum atomic E-state index is 0.225. The van der Waals surface area contributed by atoms with Crippen LogP contribution in [0.25, 0.3) is 0 Å². The predicted molar refractivity (Wildman–Crippen MR) is 83.6 cm³/mol. The molecule has 3 rings (SSSR count). The van der Waals surface area contributed by atoms with E-state index in [9.17, 15) is 5.11 Å². The second-order valence-electron chi connectivity index (χ2n) is 6.14. The van der Waals surface area contributed by atoms with Gasteiger partial charge in [-0.15, -0.1) is 0 Å². The highest BCUT2D eigenvalue weighted by atomic mass is 16.3. The van der Waals surface area contributed by atoms with Crippen LogP contribution in [0.2, 0.25) is 0 Å². The molecule has 1 aliphatic carbocycles. The molecule has 1 aromatic rings. The van der Waals surface area contributed by atoms with Crippen LogP contribution in [0, 0.1) is 5.92 Å². The van der Waals surface area contributed by atoms with E-state index in [1.54, 1.807) is 6.33 Å². The lowest BCUT2D eigenvalue weighted by Gasteiger charge is -2.38. The van der Waals surface area contributed by atoms with Crippen molar-refractivity contribution in [1.29, 1.82) is 0 Å². The monoisotopic (exact) mass is 291 g/mol. The topological polar surface area (TPSA) is 64.5 Å². The molecular formula is C15H25N5O. The largest absolute Gasteiger partial charge is 0.395 e. The van der Waals surface area contributed by atoms with E-state index in [-0.39, 0.29) is 12.6 Å². The zero-order chi connectivity index (χ0) is 14.7. The van der Waals surface area contributed by atoms with E-state index in [0.29, 0.717) is 0 Å². The molecular weight excluding hydrogens is 266 g/mol. The molecule has 6 nitrogen and oxygen atoms in total. The van der Waals surface area contributed by atoms with Gasteiger partial charge in [0, 0.05) is 44.8 Å². The SMILES string of the molecule is CC(CO)N1CCN(c2cc(NCC3CC3)ncn2)CC1. The zero-order valence-electron chi connectivity index (χ0n) is 12.7. The molecule has 2 heterocycles. The number of anilines is 2. The third kappa shape index (κ3) is 3.83. The number of nitrogens with one attached hydrogen (secondary N) is 1. The zero-order valence-corrected chi connectivity index (χ0v) is 12.7. The maximum atomic E-state index is 9.23. The van der Waals surface area contributed by atoms with Gasteiger partial charge in [-0.3, -0.25) is 4.90 Å². The van der Waals surface area contributed by atoms with Crippen molar-refractivity contribution < 1.29 is 5.11 Å². The number of hydrogen-bond donors (Lipinski definition) is 2. The lowest BCUT2D eigenvalue weighted by Crippen LogP contribution is -2.50. The van der Waals surface area contributed by atoms with Crippen LogP contribution in [0.4, 0.5) is 11.6 Å². The van der Waals surface area contributed by atoms with Crippen molar-refractivity contribution in [3.63, 3.8) is 0 Å². The fourth-order valence-corrected chi connectivity index (χ4v) is 2.69. The predicted octanol–water partition coefficient (Wildman–Crippen LogP) is 0.801. The second kappa shape index (κ2) is 6.58. The fraction of sp³-hybridized carbons (Fsp3) is 0.733. The van der Waals surface area contributed by atoms with Crippen molar-refractivity contribution >= 4 is 11.6 Å². The van der Waals surface area contributed by atoms with Gasteiger partial charge in [0.05, 0.1) is 6.61 Å². The average molecular weight is 291 g/mol. The van der Waals surface area contributed by atoms with Gasteiger partial charge in [-0.2, -0.15) is 0 Å². The van der Waals surface area contributed by atoms with Crippen LogP contribution in [-0.4, -0.2) is 65.3 Å². The Morgan fingerprint density at radius 3 is 2.71 bits per heavy atom. The van der Waals surface area contributed by atoms with E-state index in [1.807, 2.05) is 6.07 Å². The molecule has 1 saturated carbocycles. The number of aliphatic hydroxyl groups is 1. The number of aromatic nitrogens is 2. The van der Waals surface area contributed by atoms with E-state index in [2.05, 4.69) is 32.0 Å². The number of nitrogens with zero attached hydrogens (tertiary/aromatic N) is 4. The summed E-state index contributed by atoms with van der Waals surface area (Å²) in [5.41, 5.74) is 0. The Labute approximate surface area is 126 Å². The maximum Gasteiger partial charge on any atom is 0.134 e. The Kier molecular flexibility index (Phi) is 4.55. The van der Waals surface area contributed by atoms with Gasteiger partial charge in [0.15, 0.2) is 0 Å². The van der Waals surface area contributed by atoms with Gasteiger partial charge in [-0.25, -0.2) is 9.97 Å². The minimum Gasteiger partial charge on any atom is -0.395 e. The van der Waals surface area contributed by atoms with Gasteiger partial charge < -0.3 is 15.3 Å². The van der Waals surface area contributed by atoms with Crippen LogP contribution in [0.1, 0.15) is 19.8 Å². The van der Waals surface area contributed by atoms with Crippen molar-refractivity contribution in [2.45, 2.75) is 25.8 Å². The first-order valence-corrected chi connectivity index (χ1v) is 7.92. The number of hydrogen-bond acceptors (Lipinski definition) is 6. The molecule has 1 saturated heterocycles. The van der Waals surface area contributed by atoms with E-state index in [4.69, 9.17) is 0 Å². The molecule has 1 atom stereocenters. The Balaban J connectivity index is 1.55. The summed E-state index contributed by atoms with van der Waals surface area (Å²) in [7, 11) is 0. The third-order valence-electron chi connectivity index (χ3n) is 4.45. The Hall–Kier alpha value is -1.40. The van der Waals surface area contributed by atoms with Crippen molar-refractivity contribution in [3.8, 4) is 0 Å². The number of piperazine rings is 1. The first-order valence-electron chi connectivity index (χ1n) is 7.92. The van der Waals surface area contributed by atoms with Gasteiger partial charge in [0.1, 0.15) is 18.0 Å². The summed E-state index contributed by atoms with van der Waals surface area (Å²) >= 11 is 0. The Morgan fingerprint density at radius 1 is 1.29 bits per heavy atom. The van der Waals surface area contributed by atoms with Crippen molar-refractivity contribution in [3.05, 3.63) is 12.4 Å². The molecule has 0 spiro atoms. The number of rotatable bonds is 6. The average Bonchev–Trinajstić information content (AvgIpc) is 3.37. The van der Waals surface area contributed by atoms with Gasteiger partial charge in [-0.05, 0) is 25.7 Å². The van der Waals surface area contributed by atoms with Crippen LogP contribution >= 0.6 is 0 Å². The van der Waals surface area contributed by atoms with Crippen LogP contribution in [-0.2, 0) is 0 Å². The van der Waals surface area contributed by atoms with E-state index in [1.165, 1.54) is 12.8 Å². The van der Waals surface area contributed by atoms with Crippen molar-refractivity contribution in [2.24, 2.45) is 5.92 Å². The lowest BCUT2D eigenvalue weighted by atomic mass is 10.2. The molecule has 1 unspecified atom stereocenters. The highest BCUT2D eigenvalue weighted by Gasteiger charge is 2.23. The molecule has 0 radical (unpaired) electrons. The summed E-state index contributed by atoms with van der Waals surface area (Å²) in [5, 5.41) is 12.6. The smallest absolute Gasteiger partial charge is 0.134 e. The van der Waals surface area contributed by atoms with Crippen LogP contribution in [0.5, 0.6) is 0 Å². The molecule has 2 fully saturated rings. The van der Waals surface area contributed by atoms with Crippen molar-refractivity contribution in [1.82, 2.24) is 14.9 Å². The minimum absolute atomic E-state index is 0.225. The molecule has 21 heavy (non-hydrogen) atoms. The van der Waals surface area contributed by atoms with E-state index < -0.39 is 0 Å². The highest BCUT2D eigenvalue weighted by molar-refractivity contribution is 5.48. The van der Waals surface area contributed by atoms with Gasteiger partial charge >= 0.3 is 0 Å².